The van der Waals surface area contributed by atoms with Crippen LogP contribution in [0.1, 0.15) is 0 Å². The summed E-state index contributed by atoms with van der Waals surface area (Å²) < 4.78 is 5.25. The Morgan fingerprint density at radius 1 is 0.302 bits per heavy atom. The number of nitrogens with zero attached hydrogens (tertiary/aromatic N) is 1. The number of fused-ring (bicyclic) bond motifs is 10. The van der Waals surface area contributed by atoms with Gasteiger partial charge in [-0.05, 0) is 80.0 Å². The number of anilines is 3. The van der Waals surface area contributed by atoms with E-state index in [1.807, 2.05) is 22.7 Å². The number of benzene rings is 11. The summed E-state index contributed by atoms with van der Waals surface area (Å²) >= 11 is 3.77. The molecule has 2 heterocycles. The first-order valence-corrected chi connectivity index (χ1v) is 23.1. The van der Waals surface area contributed by atoms with E-state index in [0.717, 1.165) is 17.1 Å². The van der Waals surface area contributed by atoms with Crippen LogP contribution in [0, 0.1) is 0 Å². The van der Waals surface area contributed by atoms with Crippen LogP contribution in [0.5, 0.6) is 0 Å². The molecule has 2 aromatic heterocycles. The first kappa shape index (κ1) is 36.1. The molecule has 13 rings (SSSR count). The van der Waals surface area contributed by atoms with E-state index in [1.165, 1.54) is 106 Å². The zero-order valence-corrected chi connectivity index (χ0v) is 35.8. The summed E-state index contributed by atoms with van der Waals surface area (Å²) in [5.74, 6) is 0. The molecule has 11 aromatic carbocycles. The number of rotatable bonds is 6. The van der Waals surface area contributed by atoms with Crippen molar-refractivity contribution >= 4 is 112 Å². The topological polar surface area (TPSA) is 3.24 Å². The van der Waals surface area contributed by atoms with Gasteiger partial charge in [-0.1, -0.05) is 188 Å². The molecule has 0 saturated heterocycles. The van der Waals surface area contributed by atoms with Crippen molar-refractivity contribution in [3.8, 4) is 33.4 Å². The molecule has 0 saturated carbocycles. The lowest BCUT2D eigenvalue weighted by molar-refractivity contribution is 1.30. The van der Waals surface area contributed by atoms with Crippen molar-refractivity contribution in [2.75, 3.05) is 4.90 Å². The smallest absolute Gasteiger partial charge is 0.0625 e. The molecular formula is C60H37NS2. The van der Waals surface area contributed by atoms with Gasteiger partial charge in [0.05, 0.1) is 11.4 Å². The number of thiophene rings is 2. The third-order valence-electron chi connectivity index (χ3n) is 12.8. The molecule has 0 unspecified atom stereocenters. The highest BCUT2D eigenvalue weighted by molar-refractivity contribution is 7.26. The number of para-hydroxylation sites is 1. The summed E-state index contributed by atoms with van der Waals surface area (Å²) in [5.41, 5.74) is 10.7. The van der Waals surface area contributed by atoms with Crippen LogP contribution in [0.3, 0.4) is 0 Å². The van der Waals surface area contributed by atoms with Crippen LogP contribution in [-0.4, -0.2) is 0 Å². The summed E-state index contributed by atoms with van der Waals surface area (Å²) in [6.45, 7) is 0. The van der Waals surface area contributed by atoms with Crippen LogP contribution < -0.4 is 4.90 Å². The average Bonchev–Trinajstić information content (AvgIpc) is 3.93. The second-order valence-electron chi connectivity index (χ2n) is 16.3. The van der Waals surface area contributed by atoms with Gasteiger partial charge < -0.3 is 4.90 Å². The summed E-state index contributed by atoms with van der Waals surface area (Å²) in [7, 11) is 0. The molecular weight excluding hydrogens is 799 g/mol. The predicted octanol–water partition coefficient (Wildman–Crippen LogP) is 18.4. The zero-order valence-electron chi connectivity index (χ0n) is 34.1. The van der Waals surface area contributed by atoms with Gasteiger partial charge in [0.2, 0.25) is 0 Å². The minimum Gasteiger partial charge on any atom is -0.309 e. The monoisotopic (exact) mass is 835 g/mol. The summed E-state index contributed by atoms with van der Waals surface area (Å²) in [4.78, 5) is 2.56. The first-order valence-electron chi connectivity index (χ1n) is 21.5. The Morgan fingerprint density at radius 3 is 1.51 bits per heavy atom. The summed E-state index contributed by atoms with van der Waals surface area (Å²) in [6, 6.07) is 83.2. The summed E-state index contributed by atoms with van der Waals surface area (Å²) in [5, 5.41) is 12.6. The third kappa shape index (κ3) is 5.74. The standard InChI is InChI=1S/C60H37NS2/c1-2-16-40-37-41(32-31-38(40)15-1)57-49-22-5-3-17-44(49)45-18-4-6-23-50(45)58(57)61(42-35-33-39(34-36-42)43-24-13-26-52-47-20-8-11-29-55(47)62-59(43)52)54-28-10-7-19-46(54)51-25-14-27-53-48-21-9-12-30-56(48)63-60(51)53/h1-37H. The van der Waals surface area contributed by atoms with Crippen molar-refractivity contribution in [2.24, 2.45) is 0 Å². The fraction of sp³-hybridized carbons (Fsp3) is 0. The molecule has 63 heavy (non-hydrogen) atoms. The van der Waals surface area contributed by atoms with Crippen LogP contribution >= 0.6 is 22.7 Å². The van der Waals surface area contributed by atoms with Crippen molar-refractivity contribution in [1.29, 1.82) is 0 Å². The summed E-state index contributed by atoms with van der Waals surface area (Å²) in [6.07, 6.45) is 0. The zero-order chi connectivity index (χ0) is 41.4. The van der Waals surface area contributed by atoms with E-state index in [0.29, 0.717) is 0 Å². The average molecular weight is 836 g/mol. The minimum absolute atomic E-state index is 1.10. The van der Waals surface area contributed by atoms with Crippen LogP contribution in [-0.2, 0) is 0 Å². The van der Waals surface area contributed by atoms with E-state index in [1.54, 1.807) is 0 Å². The van der Waals surface area contributed by atoms with Gasteiger partial charge in [0.15, 0.2) is 0 Å². The SMILES string of the molecule is c1ccc(N(c2ccc(-c3cccc4c3sc3ccccc34)cc2)c2c(-c3ccc4ccccc4c3)c3ccccc3c3ccccc23)c(-c2cccc3c2sc2ccccc23)c1. The van der Waals surface area contributed by atoms with E-state index in [9.17, 15) is 0 Å². The quantitative estimate of drug-likeness (QED) is 0.151. The highest BCUT2D eigenvalue weighted by Crippen LogP contribution is 2.53. The van der Waals surface area contributed by atoms with Gasteiger partial charge in [-0.3, -0.25) is 0 Å². The lowest BCUT2D eigenvalue weighted by Gasteiger charge is -2.32. The third-order valence-corrected chi connectivity index (χ3v) is 15.3. The first-order chi connectivity index (χ1) is 31.3. The van der Waals surface area contributed by atoms with Gasteiger partial charge >= 0.3 is 0 Å². The Bertz CT molecular complexity index is 3930. The number of hydrogen-bond acceptors (Lipinski definition) is 3. The van der Waals surface area contributed by atoms with Crippen molar-refractivity contribution in [3.05, 3.63) is 224 Å². The fourth-order valence-corrected chi connectivity index (χ4v) is 12.5. The normalized spacial score (nSPS) is 11.8. The molecule has 0 radical (unpaired) electrons. The molecule has 0 fully saturated rings. The van der Waals surface area contributed by atoms with Crippen LogP contribution in [0.4, 0.5) is 17.1 Å². The molecule has 0 spiro atoms. The molecule has 0 aliphatic carbocycles. The van der Waals surface area contributed by atoms with E-state index >= 15 is 0 Å². The largest absolute Gasteiger partial charge is 0.309 e. The lowest BCUT2D eigenvalue weighted by atomic mass is 9.88. The highest BCUT2D eigenvalue weighted by Gasteiger charge is 2.26. The van der Waals surface area contributed by atoms with Crippen molar-refractivity contribution in [3.63, 3.8) is 0 Å². The van der Waals surface area contributed by atoms with Gasteiger partial charge in [0, 0.05) is 68.1 Å². The van der Waals surface area contributed by atoms with Gasteiger partial charge in [-0.2, -0.15) is 0 Å². The second kappa shape index (κ2) is 14.5. The van der Waals surface area contributed by atoms with Crippen LogP contribution in [0.2, 0.25) is 0 Å². The van der Waals surface area contributed by atoms with E-state index in [4.69, 9.17) is 0 Å². The molecule has 3 heteroatoms. The van der Waals surface area contributed by atoms with Gasteiger partial charge in [0.1, 0.15) is 0 Å². The highest BCUT2D eigenvalue weighted by atomic mass is 32.1. The van der Waals surface area contributed by atoms with Gasteiger partial charge in [-0.15, -0.1) is 22.7 Å². The Morgan fingerprint density at radius 2 is 0.794 bits per heavy atom. The van der Waals surface area contributed by atoms with Crippen LogP contribution in [0.15, 0.2) is 224 Å². The molecule has 0 aliphatic rings. The van der Waals surface area contributed by atoms with Gasteiger partial charge in [0.25, 0.3) is 0 Å². The Balaban J connectivity index is 1.12. The molecule has 1 nitrogen and oxygen atoms in total. The van der Waals surface area contributed by atoms with E-state index < -0.39 is 0 Å². The van der Waals surface area contributed by atoms with E-state index in [-0.39, 0.29) is 0 Å². The molecule has 0 atom stereocenters. The van der Waals surface area contributed by atoms with Crippen molar-refractivity contribution in [2.45, 2.75) is 0 Å². The molecule has 0 N–H and O–H groups in total. The Hall–Kier alpha value is -7.56. The molecule has 13 aromatic rings. The van der Waals surface area contributed by atoms with Crippen molar-refractivity contribution in [1.82, 2.24) is 0 Å². The number of hydrogen-bond donors (Lipinski definition) is 0. The maximum absolute atomic E-state index is 2.56. The molecule has 0 aliphatic heterocycles. The van der Waals surface area contributed by atoms with Gasteiger partial charge in [-0.25, -0.2) is 0 Å². The Labute approximate surface area is 373 Å². The molecule has 0 amide bonds. The Kier molecular flexibility index (Phi) is 8.33. The van der Waals surface area contributed by atoms with Crippen LogP contribution in [0.25, 0.3) is 106 Å². The predicted molar refractivity (Wildman–Crippen MR) is 276 cm³/mol. The fourth-order valence-electron chi connectivity index (χ4n) is 10.0. The maximum Gasteiger partial charge on any atom is 0.0625 e. The van der Waals surface area contributed by atoms with Crippen molar-refractivity contribution < 1.29 is 0 Å². The molecule has 294 valence electrons. The van der Waals surface area contributed by atoms with E-state index in [2.05, 4.69) is 229 Å². The second-order valence-corrected chi connectivity index (χ2v) is 18.4. The lowest BCUT2D eigenvalue weighted by Crippen LogP contribution is -2.13. The minimum atomic E-state index is 1.10. The maximum atomic E-state index is 2.56. The molecule has 0 bridgehead atoms.